The van der Waals surface area contributed by atoms with E-state index in [0.29, 0.717) is 21.2 Å². The van der Waals surface area contributed by atoms with Crippen LogP contribution in [0.2, 0.25) is 10.0 Å². The molecule has 30 heavy (non-hydrogen) atoms. The lowest BCUT2D eigenvalue weighted by molar-refractivity contribution is -0.140. The fourth-order valence-corrected chi connectivity index (χ4v) is 3.63. The molecule has 1 heterocycles. The van der Waals surface area contributed by atoms with Gasteiger partial charge in [-0.25, -0.2) is 4.79 Å². The maximum Gasteiger partial charge on any atom is 0.331 e. The first-order valence-electron chi connectivity index (χ1n) is 9.12. The van der Waals surface area contributed by atoms with E-state index >= 15 is 0 Å². The van der Waals surface area contributed by atoms with Gasteiger partial charge in [0.05, 0.1) is 11.1 Å². The molecule has 0 bridgehead atoms. The molecule has 2 aromatic carbocycles. The first-order chi connectivity index (χ1) is 14.2. The Morgan fingerprint density at radius 1 is 1.17 bits per heavy atom. The highest BCUT2D eigenvalue weighted by Crippen LogP contribution is 2.37. The standard InChI is InChI=1S/C22H20Cl2N2O4/c1-14(27)30-25-12-19-20(15-7-5-4-6-8-15)21(28)26(13-29-19)22(2,3)16-9-17(23)11-18(24)10-16/h4-12H,13H2,1-3H3/b25-12+. The third-order valence-corrected chi connectivity index (χ3v) is 5.15. The summed E-state index contributed by atoms with van der Waals surface area (Å²) in [5, 5.41) is 4.56. The maximum absolute atomic E-state index is 13.6. The van der Waals surface area contributed by atoms with E-state index < -0.39 is 11.5 Å². The third-order valence-electron chi connectivity index (χ3n) is 4.71. The number of hydrogen-bond acceptors (Lipinski definition) is 5. The molecule has 0 spiro atoms. The van der Waals surface area contributed by atoms with Crippen molar-refractivity contribution in [3.8, 4) is 0 Å². The van der Waals surface area contributed by atoms with Crippen LogP contribution in [0.25, 0.3) is 5.57 Å². The van der Waals surface area contributed by atoms with Crippen LogP contribution in [-0.2, 0) is 24.7 Å². The van der Waals surface area contributed by atoms with Gasteiger partial charge in [0, 0.05) is 17.0 Å². The van der Waals surface area contributed by atoms with Crippen LogP contribution in [0.5, 0.6) is 0 Å². The number of halogens is 2. The molecule has 0 fully saturated rings. The van der Waals surface area contributed by atoms with E-state index in [0.717, 1.165) is 5.56 Å². The highest BCUT2D eigenvalue weighted by atomic mass is 35.5. The van der Waals surface area contributed by atoms with Gasteiger partial charge in [-0.2, -0.15) is 0 Å². The molecule has 0 radical (unpaired) electrons. The van der Waals surface area contributed by atoms with Crippen molar-refractivity contribution in [2.24, 2.45) is 5.16 Å². The Hall–Kier alpha value is -2.83. The van der Waals surface area contributed by atoms with Gasteiger partial charge in [-0.1, -0.05) is 58.7 Å². The Morgan fingerprint density at radius 2 is 1.80 bits per heavy atom. The molecule has 156 valence electrons. The summed E-state index contributed by atoms with van der Waals surface area (Å²) in [5.41, 5.74) is 0.946. The molecule has 0 saturated heterocycles. The van der Waals surface area contributed by atoms with Crippen LogP contribution in [-0.4, -0.2) is 29.7 Å². The van der Waals surface area contributed by atoms with Gasteiger partial charge in [-0.15, -0.1) is 0 Å². The Balaban J connectivity index is 2.05. The molecule has 0 aliphatic carbocycles. The van der Waals surface area contributed by atoms with Gasteiger partial charge in [-0.3, -0.25) is 9.69 Å². The minimum absolute atomic E-state index is 0.0340. The second-order valence-corrected chi connectivity index (χ2v) is 8.02. The second kappa shape index (κ2) is 8.90. The summed E-state index contributed by atoms with van der Waals surface area (Å²) in [4.78, 5) is 30.8. The van der Waals surface area contributed by atoms with Crippen molar-refractivity contribution in [3.63, 3.8) is 0 Å². The van der Waals surface area contributed by atoms with Gasteiger partial charge >= 0.3 is 5.97 Å². The minimum atomic E-state index is -0.774. The van der Waals surface area contributed by atoms with E-state index in [1.54, 1.807) is 35.2 Å². The van der Waals surface area contributed by atoms with Gasteiger partial charge in [0.1, 0.15) is 6.21 Å². The van der Waals surface area contributed by atoms with E-state index in [9.17, 15) is 9.59 Å². The number of benzene rings is 2. The van der Waals surface area contributed by atoms with Crippen LogP contribution >= 0.6 is 23.2 Å². The van der Waals surface area contributed by atoms with Crippen molar-refractivity contribution in [1.82, 2.24) is 4.90 Å². The van der Waals surface area contributed by atoms with E-state index in [2.05, 4.69) is 9.99 Å². The average molecular weight is 447 g/mol. The topological polar surface area (TPSA) is 68.2 Å². The number of hydrogen-bond donors (Lipinski definition) is 0. The lowest BCUT2D eigenvalue weighted by Gasteiger charge is -2.41. The number of carbonyl (C=O) groups excluding carboxylic acids is 2. The van der Waals surface area contributed by atoms with Crippen LogP contribution < -0.4 is 0 Å². The summed E-state index contributed by atoms with van der Waals surface area (Å²) >= 11 is 12.3. The molecule has 0 unspecified atom stereocenters. The predicted molar refractivity (Wildman–Crippen MR) is 116 cm³/mol. The number of rotatable bonds is 5. The smallest absolute Gasteiger partial charge is 0.331 e. The first kappa shape index (κ1) is 21.9. The third kappa shape index (κ3) is 4.66. The fraction of sp³-hybridized carbons (Fsp3) is 0.227. The van der Waals surface area contributed by atoms with Gasteiger partial charge in [0.2, 0.25) is 0 Å². The molecular weight excluding hydrogens is 427 g/mol. The number of oxime groups is 1. The quantitative estimate of drug-likeness (QED) is 0.367. The zero-order valence-electron chi connectivity index (χ0n) is 16.7. The van der Waals surface area contributed by atoms with Crippen LogP contribution in [0.4, 0.5) is 0 Å². The van der Waals surface area contributed by atoms with Crippen LogP contribution in [0.15, 0.2) is 59.4 Å². The van der Waals surface area contributed by atoms with Crippen molar-refractivity contribution in [1.29, 1.82) is 0 Å². The summed E-state index contributed by atoms with van der Waals surface area (Å²) in [6, 6.07) is 14.2. The van der Waals surface area contributed by atoms with Crippen molar-refractivity contribution in [3.05, 3.63) is 75.5 Å². The average Bonchev–Trinajstić information content (AvgIpc) is 2.67. The van der Waals surface area contributed by atoms with E-state index in [1.165, 1.54) is 13.1 Å². The summed E-state index contributed by atoms with van der Waals surface area (Å²) < 4.78 is 5.86. The summed E-state index contributed by atoms with van der Waals surface area (Å²) in [6.45, 7) is 4.97. The molecule has 3 rings (SSSR count). The second-order valence-electron chi connectivity index (χ2n) is 7.15. The Labute approximate surface area is 184 Å². The normalized spacial score (nSPS) is 14.8. The maximum atomic E-state index is 13.6. The van der Waals surface area contributed by atoms with E-state index in [1.807, 2.05) is 32.0 Å². The molecule has 6 nitrogen and oxygen atoms in total. The molecule has 0 aromatic heterocycles. The SMILES string of the molecule is CC(=O)O/N=C/C1=C(c2ccccc2)C(=O)N(C(C)(C)c2cc(Cl)cc(Cl)c2)CO1. The van der Waals surface area contributed by atoms with Gasteiger partial charge in [0.25, 0.3) is 5.91 Å². The van der Waals surface area contributed by atoms with Gasteiger partial charge < -0.3 is 9.57 Å². The molecule has 1 aliphatic heterocycles. The Kier molecular flexibility index (Phi) is 6.48. The minimum Gasteiger partial charge on any atom is -0.470 e. The van der Waals surface area contributed by atoms with Crippen molar-refractivity contribution < 1.29 is 19.2 Å². The molecule has 2 aromatic rings. The van der Waals surface area contributed by atoms with Crippen molar-refractivity contribution in [2.75, 3.05) is 6.73 Å². The number of amides is 1. The van der Waals surface area contributed by atoms with Crippen LogP contribution in [0.1, 0.15) is 31.9 Å². The van der Waals surface area contributed by atoms with Gasteiger partial charge in [0.15, 0.2) is 12.5 Å². The summed E-state index contributed by atoms with van der Waals surface area (Å²) in [6.07, 6.45) is 1.22. The molecule has 0 atom stereocenters. The molecule has 0 saturated carbocycles. The summed E-state index contributed by atoms with van der Waals surface area (Å²) in [7, 11) is 0. The highest BCUT2D eigenvalue weighted by molar-refractivity contribution is 6.34. The fourth-order valence-electron chi connectivity index (χ4n) is 3.10. The molecule has 8 heteroatoms. The molecule has 1 aliphatic rings. The number of allylic oxidation sites excluding steroid dienone is 1. The lowest BCUT2D eigenvalue weighted by atomic mass is 9.90. The number of carbonyl (C=O) groups is 2. The zero-order valence-corrected chi connectivity index (χ0v) is 18.2. The monoisotopic (exact) mass is 446 g/mol. The molecule has 0 N–H and O–H groups in total. The van der Waals surface area contributed by atoms with Crippen LogP contribution in [0, 0.1) is 0 Å². The summed E-state index contributed by atoms with van der Waals surface area (Å²) in [5.74, 6) is -0.628. The number of nitrogens with zero attached hydrogens (tertiary/aromatic N) is 2. The van der Waals surface area contributed by atoms with Crippen molar-refractivity contribution >= 4 is 46.9 Å². The first-order valence-corrected chi connectivity index (χ1v) is 9.87. The Morgan fingerprint density at radius 3 is 2.40 bits per heavy atom. The van der Waals surface area contributed by atoms with Crippen LogP contribution in [0.3, 0.4) is 0 Å². The van der Waals surface area contributed by atoms with Crippen molar-refractivity contribution in [2.45, 2.75) is 26.3 Å². The largest absolute Gasteiger partial charge is 0.470 e. The van der Waals surface area contributed by atoms with E-state index in [4.69, 9.17) is 27.9 Å². The molecular formula is C22H20Cl2N2O4. The number of ether oxygens (including phenoxy) is 1. The zero-order chi connectivity index (χ0) is 21.9. The predicted octanol–water partition coefficient (Wildman–Crippen LogP) is 5.01. The highest BCUT2D eigenvalue weighted by Gasteiger charge is 2.39. The lowest BCUT2D eigenvalue weighted by Crippen LogP contribution is -2.49. The Bertz CT molecular complexity index is 1010. The molecule has 1 amide bonds. The van der Waals surface area contributed by atoms with E-state index in [-0.39, 0.29) is 18.4 Å². The van der Waals surface area contributed by atoms with Gasteiger partial charge in [-0.05, 0) is 43.2 Å².